The lowest BCUT2D eigenvalue weighted by Crippen LogP contribution is -2.29. The SMILES string of the molecule is COc1ccc(CNC(=O)Cc2ccc(N3CCCCC3)cc2)cc1. The number of carbonyl (C=O) groups is 1. The van der Waals surface area contributed by atoms with Crippen molar-refractivity contribution in [2.24, 2.45) is 0 Å². The van der Waals surface area contributed by atoms with Gasteiger partial charge in [-0.15, -0.1) is 0 Å². The second kappa shape index (κ2) is 8.56. The average Bonchev–Trinajstić information content (AvgIpc) is 2.68. The second-order valence-corrected chi connectivity index (χ2v) is 6.52. The molecule has 25 heavy (non-hydrogen) atoms. The summed E-state index contributed by atoms with van der Waals surface area (Å²) in [6.07, 6.45) is 4.30. The minimum absolute atomic E-state index is 0.0431. The number of nitrogens with one attached hydrogen (secondary N) is 1. The topological polar surface area (TPSA) is 41.6 Å². The van der Waals surface area contributed by atoms with Gasteiger partial charge in [0.15, 0.2) is 0 Å². The summed E-state index contributed by atoms with van der Waals surface area (Å²) in [7, 11) is 1.65. The molecule has 1 heterocycles. The first-order valence-corrected chi connectivity index (χ1v) is 8.98. The summed E-state index contributed by atoms with van der Waals surface area (Å²) in [5.74, 6) is 0.866. The lowest BCUT2D eigenvalue weighted by molar-refractivity contribution is -0.120. The Bertz CT molecular complexity index is 674. The van der Waals surface area contributed by atoms with E-state index >= 15 is 0 Å². The molecule has 3 rings (SSSR count). The second-order valence-electron chi connectivity index (χ2n) is 6.52. The zero-order valence-corrected chi connectivity index (χ0v) is 14.8. The summed E-state index contributed by atoms with van der Waals surface area (Å²) in [4.78, 5) is 14.6. The Morgan fingerprint density at radius 3 is 2.24 bits per heavy atom. The zero-order chi connectivity index (χ0) is 17.5. The average molecular weight is 338 g/mol. The molecule has 0 atom stereocenters. The highest BCUT2D eigenvalue weighted by Gasteiger charge is 2.11. The lowest BCUT2D eigenvalue weighted by Gasteiger charge is -2.28. The van der Waals surface area contributed by atoms with E-state index in [1.54, 1.807) is 7.11 Å². The fourth-order valence-corrected chi connectivity index (χ4v) is 3.17. The Hall–Kier alpha value is -2.49. The molecule has 0 aliphatic carbocycles. The summed E-state index contributed by atoms with van der Waals surface area (Å²) in [5, 5.41) is 2.97. The normalized spacial score (nSPS) is 14.2. The van der Waals surface area contributed by atoms with Crippen LogP contribution in [-0.2, 0) is 17.8 Å². The number of ether oxygens (including phenoxy) is 1. The summed E-state index contributed by atoms with van der Waals surface area (Å²) < 4.78 is 5.14. The Morgan fingerprint density at radius 1 is 0.960 bits per heavy atom. The fraction of sp³-hybridized carbons (Fsp3) is 0.381. The van der Waals surface area contributed by atoms with E-state index in [1.165, 1.54) is 24.9 Å². The number of hydrogen-bond acceptors (Lipinski definition) is 3. The first-order valence-electron chi connectivity index (χ1n) is 8.98. The van der Waals surface area contributed by atoms with Crippen LogP contribution in [0.3, 0.4) is 0 Å². The fourth-order valence-electron chi connectivity index (χ4n) is 3.17. The highest BCUT2D eigenvalue weighted by atomic mass is 16.5. The zero-order valence-electron chi connectivity index (χ0n) is 14.8. The third kappa shape index (κ3) is 4.99. The van der Waals surface area contributed by atoms with Crippen molar-refractivity contribution in [3.8, 4) is 5.75 Å². The van der Waals surface area contributed by atoms with Crippen molar-refractivity contribution in [2.45, 2.75) is 32.2 Å². The van der Waals surface area contributed by atoms with Crippen molar-refractivity contribution < 1.29 is 9.53 Å². The van der Waals surface area contributed by atoms with Crippen LogP contribution in [0, 0.1) is 0 Å². The maximum Gasteiger partial charge on any atom is 0.224 e. The van der Waals surface area contributed by atoms with Gasteiger partial charge in [-0.25, -0.2) is 0 Å². The van der Waals surface area contributed by atoms with Crippen LogP contribution in [0.1, 0.15) is 30.4 Å². The monoisotopic (exact) mass is 338 g/mol. The number of anilines is 1. The summed E-state index contributed by atoms with van der Waals surface area (Å²) in [6, 6.07) is 16.1. The van der Waals surface area contributed by atoms with Crippen molar-refractivity contribution in [3.63, 3.8) is 0 Å². The predicted molar refractivity (Wildman–Crippen MR) is 101 cm³/mol. The molecule has 1 amide bonds. The van der Waals surface area contributed by atoms with E-state index in [9.17, 15) is 4.79 Å². The Labute approximate surface area is 149 Å². The maximum atomic E-state index is 12.1. The molecule has 0 radical (unpaired) electrons. The molecule has 4 nitrogen and oxygen atoms in total. The van der Waals surface area contributed by atoms with Crippen molar-refractivity contribution in [3.05, 3.63) is 59.7 Å². The molecular weight excluding hydrogens is 312 g/mol. The molecule has 132 valence electrons. The Balaban J connectivity index is 1.48. The first-order chi connectivity index (χ1) is 12.2. The molecule has 0 aromatic heterocycles. The molecule has 0 saturated carbocycles. The van der Waals surface area contributed by atoms with Crippen LogP contribution >= 0.6 is 0 Å². The predicted octanol–water partition coefficient (Wildman–Crippen LogP) is 3.54. The van der Waals surface area contributed by atoms with Gasteiger partial charge in [-0.3, -0.25) is 4.79 Å². The molecule has 4 heteroatoms. The van der Waals surface area contributed by atoms with Crippen molar-refractivity contribution in [1.82, 2.24) is 5.32 Å². The Kier molecular flexibility index (Phi) is 5.94. The summed E-state index contributed by atoms with van der Waals surface area (Å²) >= 11 is 0. The third-order valence-corrected chi connectivity index (χ3v) is 4.67. The van der Waals surface area contributed by atoms with Gasteiger partial charge < -0.3 is 15.0 Å². The number of hydrogen-bond donors (Lipinski definition) is 1. The van der Waals surface area contributed by atoms with Crippen LogP contribution in [0.25, 0.3) is 0 Å². The third-order valence-electron chi connectivity index (χ3n) is 4.67. The molecule has 2 aromatic rings. The molecule has 0 spiro atoms. The van der Waals surface area contributed by atoms with E-state index in [0.717, 1.165) is 30.0 Å². The van der Waals surface area contributed by atoms with Gasteiger partial charge in [0.1, 0.15) is 5.75 Å². The molecule has 1 fully saturated rings. The van der Waals surface area contributed by atoms with Crippen LogP contribution in [0.4, 0.5) is 5.69 Å². The standard InChI is InChI=1S/C21H26N2O2/c1-25-20-11-7-18(8-12-20)16-22-21(24)15-17-5-9-19(10-6-17)23-13-3-2-4-14-23/h5-12H,2-4,13-16H2,1H3,(H,22,24). The quantitative estimate of drug-likeness (QED) is 0.876. The van der Waals surface area contributed by atoms with Gasteiger partial charge in [0.25, 0.3) is 0 Å². The molecule has 1 N–H and O–H groups in total. The van der Waals surface area contributed by atoms with Gasteiger partial charge in [-0.1, -0.05) is 24.3 Å². The van der Waals surface area contributed by atoms with E-state index in [2.05, 4.69) is 34.5 Å². The number of methoxy groups -OCH3 is 1. The molecule has 0 unspecified atom stereocenters. The van der Waals surface area contributed by atoms with E-state index < -0.39 is 0 Å². The first kappa shape index (κ1) is 17.3. The Morgan fingerprint density at radius 2 is 1.60 bits per heavy atom. The van der Waals surface area contributed by atoms with Gasteiger partial charge in [0.2, 0.25) is 5.91 Å². The highest BCUT2D eigenvalue weighted by Crippen LogP contribution is 2.20. The molecule has 1 aliphatic rings. The van der Waals surface area contributed by atoms with Crippen LogP contribution in [-0.4, -0.2) is 26.1 Å². The van der Waals surface area contributed by atoms with Crippen molar-refractivity contribution >= 4 is 11.6 Å². The number of amides is 1. The van der Waals surface area contributed by atoms with Gasteiger partial charge in [-0.05, 0) is 54.7 Å². The van der Waals surface area contributed by atoms with Gasteiger partial charge in [-0.2, -0.15) is 0 Å². The van der Waals surface area contributed by atoms with E-state index in [-0.39, 0.29) is 5.91 Å². The molecule has 1 saturated heterocycles. The number of carbonyl (C=O) groups excluding carboxylic acids is 1. The van der Waals surface area contributed by atoms with Crippen molar-refractivity contribution in [2.75, 3.05) is 25.1 Å². The summed E-state index contributed by atoms with van der Waals surface area (Å²) in [5.41, 5.74) is 3.38. The van der Waals surface area contributed by atoms with E-state index in [4.69, 9.17) is 4.74 Å². The van der Waals surface area contributed by atoms with E-state index in [1.807, 2.05) is 24.3 Å². The molecular formula is C21H26N2O2. The molecule has 2 aromatic carbocycles. The van der Waals surface area contributed by atoms with Gasteiger partial charge in [0, 0.05) is 25.3 Å². The molecule has 1 aliphatic heterocycles. The van der Waals surface area contributed by atoms with Crippen LogP contribution in [0.2, 0.25) is 0 Å². The number of piperidine rings is 1. The minimum Gasteiger partial charge on any atom is -0.497 e. The number of nitrogens with zero attached hydrogens (tertiary/aromatic N) is 1. The van der Waals surface area contributed by atoms with Gasteiger partial charge >= 0.3 is 0 Å². The minimum atomic E-state index is 0.0431. The van der Waals surface area contributed by atoms with Crippen LogP contribution in [0.5, 0.6) is 5.75 Å². The van der Waals surface area contributed by atoms with Gasteiger partial charge in [0.05, 0.1) is 13.5 Å². The van der Waals surface area contributed by atoms with Crippen LogP contribution in [0.15, 0.2) is 48.5 Å². The maximum absolute atomic E-state index is 12.1. The highest BCUT2D eigenvalue weighted by molar-refractivity contribution is 5.78. The van der Waals surface area contributed by atoms with E-state index in [0.29, 0.717) is 13.0 Å². The smallest absolute Gasteiger partial charge is 0.224 e. The van der Waals surface area contributed by atoms with Crippen molar-refractivity contribution in [1.29, 1.82) is 0 Å². The number of rotatable bonds is 6. The molecule has 0 bridgehead atoms. The largest absolute Gasteiger partial charge is 0.497 e. The lowest BCUT2D eigenvalue weighted by atomic mass is 10.1. The summed E-state index contributed by atoms with van der Waals surface area (Å²) in [6.45, 7) is 2.82. The number of benzene rings is 2. The van der Waals surface area contributed by atoms with Crippen LogP contribution < -0.4 is 15.0 Å².